The Kier molecular flexibility index (Phi) is 8.72. The molecule has 0 saturated carbocycles. The van der Waals surface area contributed by atoms with Crippen molar-refractivity contribution in [2.75, 3.05) is 24.4 Å². The molecule has 0 radical (unpaired) electrons. The number of carbonyl (C=O) groups excluding carboxylic acids is 1. The van der Waals surface area contributed by atoms with Crippen molar-refractivity contribution < 1.29 is 9.53 Å². The number of hydrogen-bond donors (Lipinski definition) is 3. The van der Waals surface area contributed by atoms with E-state index in [2.05, 4.69) is 29.7 Å². The van der Waals surface area contributed by atoms with Gasteiger partial charge < -0.3 is 21.1 Å². The maximum atomic E-state index is 11.9. The lowest BCUT2D eigenvalue weighted by molar-refractivity contribution is -0.118. The van der Waals surface area contributed by atoms with Crippen LogP contribution in [0.25, 0.3) is 0 Å². The molecule has 0 bridgehead atoms. The number of ether oxygens (including phenoxy) is 1. The molecule has 2 aromatic carbocycles. The minimum Gasteiger partial charge on any atom is -0.383 e. The summed E-state index contributed by atoms with van der Waals surface area (Å²) in [5.74, 6) is -0.314. The molecular weight excluding hydrogens is 361 g/mol. The maximum absolute atomic E-state index is 11.9. The molecule has 0 spiro atoms. The molecule has 0 aromatic heterocycles. The SMILES string of the molecule is COCC(N)C(=O)Nc1ccc(NC(C)c2ccccc2)c(Cl)c1.Cl. The van der Waals surface area contributed by atoms with Crippen molar-refractivity contribution >= 4 is 41.3 Å². The highest BCUT2D eigenvalue weighted by Gasteiger charge is 2.14. The molecule has 0 aliphatic rings. The molecule has 1 amide bonds. The Hall–Kier alpha value is -1.79. The summed E-state index contributed by atoms with van der Waals surface area (Å²) in [4.78, 5) is 11.9. The Labute approximate surface area is 159 Å². The van der Waals surface area contributed by atoms with Crippen molar-refractivity contribution in [3.05, 3.63) is 59.1 Å². The second-order valence-corrected chi connectivity index (χ2v) is 5.93. The van der Waals surface area contributed by atoms with Gasteiger partial charge in [0, 0.05) is 18.8 Å². The van der Waals surface area contributed by atoms with Crippen molar-refractivity contribution in [2.45, 2.75) is 19.0 Å². The Morgan fingerprint density at radius 3 is 2.52 bits per heavy atom. The third kappa shape index (κ3) is 6.21. The molecule has 0 saturated heterocycles. The zero-order valence-electron chi connectivity index (χ0n) is 14.2. The minimum absolute atomic E-state index is 0. The Bertz CT molecular complexity index is 683. The van der Waals surface area contributed by atoms with Crippen molar-refractivity contribution in [2.24, 2.45) is 5.73 Å². The van der Waals surface area contributed by atoms with Gasteiger partial charge in [0.2, 0.25) is 5.91 Å². The van der Waals surface area contributed by atoms with E-state index in [1.54, 1.807) is 12.1 Å². The van der Waals surface area contributed by atoms with E-state index in [0.29, 0.717) is 10.7 Å². The molecule has 4 N–H and O–H groups in total. The Morgan fingerprint density at radius 1 is 1.24 bits per heavy atom. The van der Waals surface area contributed by atoms with Gasteiger partial charge in [-0.15, -0.1) is 12.4 Å². The zero-order chi connectivity index (χ0) is 17.5. The van der Waals surface area contributed by atoms with Gasteiger partial charge in [0.05, 0.1) is 17.3 Å². The third-order valence-corrected chi connectivity index (χ3v) is 3.90. The lowest BCUT2D eigenvalue weighted by atomic mass is 10.1. The van der Waals surface area contributed by atoms with Crippen LogP contribution < -0.4 is 16.4 Å². The van der Waals surface area contributed by atoms with Crippen LogP contribution in [-0.4, -0.2) is 25.7 Å². The second kappa shape index (κ2) is 10.3. The molecule has 2 rings (SSSR count). The van der Waals surface area contributed by atoms with E-state index < -0.39 is 6.04 Å². The number of methoxy groups -OCH3 is 1. The number of anilines is 2. The van der Waals surface area contributed by atoms with Gasteiger partial charge in [0.1, 0.15) is 6.04 Å². The van der Waals surface area contributed by atoms with Crippen LogP contribution in [0.2, 0.25) is 5.02 Å². The summed E-state index contributed by atoms with van der Waals surface area (Å²) in [6.07, 6.45) is 0. The van der Waals surface area contributed by atoms with Crippen molar-refractivity contribution in [1.29, 1.82) is 0 Å². The summed E-state index contributed by atoms with van der Waals surface area (Å²) in [5.41, 5.74) is 8.25. The van der Waals surface area contributed by atoms with E-state index in [1.807, 2.05) is 24.3 Å². The van der Waals surface area contributed by atoms with E-state index in [0.717, 1.165) is 11.3 Å². The fourth-order valence-corrected chi connectivity index (χ4v) is 2.49. The van der Waals surface area contributed by atoms with Crippen LogP contribution in [0.5, 0.6) is 0 Å². The summed E-state index contributed by atoms with van der Waals surface area (Å²) in [7, 11) is 1.50. The van der Waals surface area contributed by atoms with Crippen LogP contribution in [0.15, 0.2) is 48.5 Å². The van der Waals surface area contributed by atoms with Crippen molar-refractivity contribution in [3.8, 4) is 0 Å². The second-order valence-electron chi connectivity index (χ2n) is 5.52. The van der Waals surface area contributed by atoms with Crippen LogP contribution in [0, 0.1) is 0 Å². The highest BCUT2D eigenvalue weighted by atomic mass is 35.5. The van der Waals surface area contributed by atoms with Crippen molar-refractivity contribution in [1.82, 2.24) is 0 Å². The maximum Gasteiger partial charge on any atom is 0.243 e. The first-order chi connectivity index (χ1) is 11.5. The predicted octanol–water partition coefficient (Wildman–Crippen LogP) is 3.85. The van der Waals surface area contributed by atoms with E-state index >= 15 is 0 Å². The molecule has 7 heteroatoms. The molecule has 2 atom stereocenters. The van der Waals surface area contributed by atoms with Gasteiger partial charge in [-0.05, 0) is 30.7 Å². The number of carbonyl (C=O) groups is 1. The van der Waals surface area contributed by atoms with Gasteiger partial charge >= 0.3 is 0 Å². The molecule has 2 aromatic rings. The summed E-state index contributed by atoms with van der Waals surface area (Å²) < 4.78 is 4.87. The van der Waals surface area contributed by atoms with Crippen LogP contribution in [0.4, 0.5) is 11.4 Å². The Morgan fingerprint density at radius 2 is 1.92 bits per heavy atom. The molecule has 2 unspecified atom stereocenters. The first kappa shape index (κ1) is 21.3. The zero-order valence-corrected chi connectivity index (χ0v) is 15.7. The molecule has 5 nitrogen and oxygen atoms in total. The number of amides is 1. The van der Waals surface area contributed by atoms with E-state index in [1.165, 1.54) is 7.11 Å². The molecule has 0 aliphatic carbocycles. The van der Waals surface area contributed by atoms with Crippen LogP contribution in [-0.2, 0) is 9.53 Å². The number of benzene rings is 2. The van der Waals surface area contributed by atoms with E-state index in [-0.39, 0.29) is 31.0 Å². The largest absolute Gasteiger partial charge is 0.383 e. The van der Waals surface area contributed by atoms with Crippen LogP contribution in [0.1, 0.15) is 18.5 Å². The third-order valence-electron chi connectivity index (χ3n) is 3.59. The van der Waals surface area contributed by atoms with Gasteiger partial charge in [-0.25, -0.2) is 0 Å². The van der Waals surface area contributed by atoms with Gasteiger partial charge in [0.25, 0.3) is 0 Å². The van der Waals surface area contributed by atoms with Gasteiger partial charge in [-0.2, -0.15) is 0 Å². The fraction of sp³-hybridized carbons (Fsp3) is 0.278. The quantitative estimate of drug-likeness (QED) is 0.678. The van der Waals surface area contributed by atoms with Crippen molar-refractivity contribution in [3.63, 3.8) is 0 Å². The smallest absolute Gasteiger partial charge is 0.243 e. The normalized spacial score (nSPS) is 12.6. The highest BCUT2D eigenvalue weighted by molar-refractivity contribution is 6.33. The molecular formula is C18H23Cl2N3O2. The minimum atomic E-state index is -0.718. The summed E-state index contributed by atoms with van der Waals surface area (Å²) in [6.45, 7) is 2.22. The number of halogens is 2. The summed E-state index contributed by atoms with van der Waals surface area (Å²) in [5, 5.41) is 6.61. The monoisotopic (exact) mass is 383 g/mol. The van der Waals surface area contributed by atoms with E-state index in [4.69, 9.17) is 22.1 Å². The number of nitrogens with one attached hydrogen (secondary N) is 2. The number of hydrogen-bond acceptors (Lipinski definition) is 4. The lowest BCUT2D eigenvalue weighted by Gasteiger charge is -2.18. The average molecular weight is 384 g/mol. The molecule has 0 aliphatic heterocycles. The predicted molar refractivity (Wildman–Crippen MR) is 106 cm³/mol. The van der Waals surface area contributed by atoms with Crippen LogP contribution in [0.3, 0.4) is 0 Å². The highest BCUT2D eigenvalue weighted by Crippen LogP contribution is 2.29. The van der Waals surface area contributed by atoms with Gasteiger partial charge in [-0.3, -0.25) is 4.79 Å². The molecule has 0 fully saturated rings. The fourth-order valence-electron chi connectivity index (χ4n) is 2.26. The lowest BCUT2D eigenvalue weighted by Crippen LogP contribution is -2.39. The topological polar surface area (TPSA) is 76.4 Å². The van der Waals surface area contributed by atoms with E-state index in [9.17, 15) is 4.79 Å². The Balaban J connectivity index is 0.00000312. The molecule has 0 heterocycles. The number of nitrogens with two attached hydrogens (primary N) is 1. The molecule has 25 heavy (non-hydrogen) atoms. The summed E-state index contributed by atoms with van der Waals surface area (Å²) in [6, 6.07) is 14.8. The summed E-state index contributed by atoms with van der Waals surface area (Å²) >= 11 is 6.32. The standard InChI is InChI=1S/C18H22ClN3O2.ClH/c1-12(13-6-4-3-5-7-13)21-17-9-8-14(10-15(17)19)22-18(23)16(20)11-24-2;/h3-10,12,16,21H,11,20H2,1-2H3,(H,22,23);1H. The van der Waals surface area contributed by atoms with Gasteiger partial charge in [-0.1, -0.05) is 41.9 Å². The molecule has 136 valence electrons. The first-order valence-electron chi connectivity index (χ1n) is 7.67. The number of rotatable bonds is 7. The van der Waals surface area contributed by atoms with Gasteiger partial charge in [0.15, 0.2) is 0 Å². The van der Waals surface area contributed by atoms with Crippen LogP contribution >= 0.6 is 24.0 Å². The average Bonchev–Trinajstić information content (AvgIpc) is 2.58. The first-order valence-corrected chi connectivity index (χ1v) is 8.05.